The van der Waals surface area contributed by atoms with Crippen molar-refractivity contribution >= 4 is 21.6 Å². The van der Waals surface area contributed by atoms with Gasteiger partial charge in [0.1, 0.15) is 11.6 Å². The van der Waals surface area contributed by atoms with Gasteiger partial charge in [0.2, 0.25) is 5.91 Å². The zero-order valence-corrected chi connectivity index (χ0v) is 21.6. The molecule has 1 amide bonds. The SMILES string of the molecule is Cn1nc(N2CC(S(=O)(=O)c3ccccc3C(F)(F)F)CC2C(=O)NC2(C#N)CC2)cc1C1CCOCC1. The molecular weight excluding hydrogens is 523 g/mol. The van der Waals surface area contributed by atoms with E-state index >= 15 is 0 Å². The lowest BCUT2D eigenvalue weighted by Gasteiger charge is -2.24. The number of hydrogen-bond donors (Lipinski definition) is 1. The summed E-state index contributed by atoms with van der Waals surface area (Å²) in [7, 11) is -2.71. The number of alkyl halides is 3. The van der Waals surface area contributed by atoms with Gasteiger partial charge in [0.15, 0.2) is 15.7 Å². The Hall–Kier alpha value is -3.11. The van der Waals surface area contributed by atoms with Crippen LogP contribution < -0.4 is 10.2 Å². The molecule has 38 heavy (non-hydrogen) atoms. The lowest BCUT2D eigenvalue weighted by Crippen LogP contribution is -2.48. The number of nitriles is 1. The number of sulfone groups is 1. The van der Waals surface area contributed by atoms with E-state index in [1.54, 1.807) is 16.6 Å². The van der Waals surface area contributed by atoms with Crippen molar-refractivity contribution in [2.45, 2.75) is 65.9 Å². The Labute approximate surface area is 218 Å². The lowest BCUT2D eigenvalue weighted by atomic mass is 9.96. The van der Waals surface area contributed by atoms with E-state index < -0.39 is 49.2 Å². The van der Waals surface area contributed by atoms with Gasteiger partial charge in [-0.2, -0.15) is 23.5 Å². The summed E-state index contributed by atoms with van der Waals surface area (Å²) in [6, 6.07) is 6.97. The molecule has 1 aromatic carbocycles. The second-order valence-corrected chi connectivity index (χ2v) is 12.4. The predicted molar refractivity (Wildman–Crippen MR) is 130 cm³/mol. The first-order valence-electron chi connectivity index (χ1n) is 12.5. The lowest BCUT2D eigenvalue weighted by molar-refractivity contribution is -0.139. The molecule has 0 bridgehead atoms. The summed E-state index contributed by atoms with van der Waals surface area (Å²) in [4.78, 5) is 14.1. The molecule has 3 fully saturated rings. The highest BCUT2D eigenvalue weighted by Crippen LogP contribution is 2.40. The van der Waals surface area contributed by atoms with Crippen molar-refractivity contribution in [2.75, 3.05) is 24.7 Å². The van der Waals surface area contributed by atoms with E-state index in [0.717, 1.165) is 36.7 Å². The fraction of sp³-hybridized carbons (Fsp3) is 0.560. The first-order valence-corrected chi connectivity index (χ1v) is 14.0. The minimum Gasteiger partial charge on any atom is -0.381 e. The number of carbonyl (C=O) groups excluding carboxylic acids is 1. The quantitative estimate of drug-likeness (QED) is 0.587. The van der Waals surface area contributed by atoms with E-state index in [2.05, 4.69) is 16.5 Å². The number of amides is 1. The number of hydrogen-bond acceptors (Lipinski definition) is 7. The minimum absolute atomic E-state index is 0.177. The van der Waals surface area contributed by atoms with E-state index in [0.29, 0.717) is 31.9 Å². The number of aromatic nitrogens is 2. The highest BCUT2D eigenvalue weighted by Gasteiger charge is 2.50. The minimum atomic E-state index is -4.86. The molecule has 2 saturated heterocycles. The van der Waals surface area contributed by atoms with Gasteiger partial charge in [0, 0.05) is 44.5 Å². The third-order valence-electron chi connectivity index (χ3n) is 7.67. The highest BCUT2D eigenvalue weighted by molar-refractivity contribution is 7.92. The average molecular weight is 552 g/mol. The van der Waals surface area contributed by atoms with Gasteiger partial charge in [0.25, 0.3) is 0 Å². The van der Waals surface area contributed by atoms with Crippen molar-refractivity contribution in [1.82, 2.24) is 15.1 Å². The van der Waals surface area contributed by atoms with E-state index in [1.807, 2.05) is 6.07 Å². The van der Waals surface area contributed by atoms with Crippen LogP contribution >= 0.6 is 0 Å². The summed E-state index contributed by atoms with van der Waals surface area (Å²) >= 11 is 0. The number of halogens is 3. The monoisotopic (exact) mass is 551 g/mol. The van der Waals surface area contributed by atoms with Gasteiger partial charge >= 0.3 is 6.18 Å². The number of benzene rings is 1. The van der Waals surface area contributed by atoms with Crippen molar-refractivity contribution in [3.8, 4) is 6.07 Å². The van der Waals surface area contributed by atoms with Crippen LogP contribution in [0.15, 0.2) is 35.2 Å². The molecule has 2 aromatic rings. The van der Waals surface area contributed by atoms with Crippen LogP contribution in [0.1, 0.15) is 49.3 Å². The molecule has 5 rings (SSSR count). The third kappa shape index (κ3) is 4.87. The van der Waals surface area contributed by atoms with Gasteiger partial charge in [0.05, 0.1) is 21.8 Å². The summed E-state index contributed by atoms with van der Waals surface area (Å²) in [6.07, 6.45) is -2.54. The molecule has 0 radical (unpaired) electrons. The molecule has 13 heteroatoms. The fourth-order valence-corrected chi connectivity index (χ4v) is 7.25. The second kappa shape index (κ2) is 9.57. The van der Waals surface area contributed by atoms with Gasteiger partial charge < -0.3 is 15.0 Å². The summed E-state index contributed by atoms with van der Waals surface area (Å²) < 4.78 is 75.3. The van der Waals surface area contributed by atoms with E-state index in [4.69, 9.17) is 4.74 Å². The molecule has 2 atom stereocenters. The first-order chi connectivity index (χ1) is 17.9. The van der Waals surface area contributed by atoms with E-state index in [9.17, 15) is 31.6 Å². The molecule has 1 aromatic heterocycles. The summed E-state index contributed by atoms with van der Waals surface area (Å²) in [5.41, 5.74) is -1.31. The van der Waals surface area contributed by atoms with Crippen LogP contribution in [0, 0.1) is 11.3 Å². The summed E-state index contributed by atoms with van der Waals surface area (Å²) in [6.45, 7) is 1.00. The Morgan fingerprint density at radius 2 is 1.92 bits per heavy atom. The Kier molecular flexibility index (Phi) is 6.67. The number of aryl methyl sites for hydroxylation is 1. The largest absolute Gasteiger partial charge is 0.417 e. The van der Waals surface area contributed by atoms with Crippen LogP contribution in [0.25, 0.3) is 0 Å². The predicted octanol–water partition coefficient (Wildman–Crippen LogP) is 2.93. The van der Waals surface area contributed by atoms with Gasteiger partial charge in [-0.05, 0) is 44.2 Å². The molecule has 0 spiro atoms. The number of rotatable bonds is 6. The Bertz CT molecular complexity index is 1370. The highest BCUT2D eigenvalue weighted by atomic mass is 32.2. The van der Waals surface area contributed by atoms with Crippen molar-refractivity contribution in [3.05, 3.63) is 41.6 Å². The number of anilines is 1. The molecule has 2 unspecified atom stereocenters. The van der Waals surface area contributed by atoms with Crippen molar-refractivity contribution in [2.24, 2.45) is 7.05 Å². The number of nitrogens with one attached hydrogen (secondary N) is 1. The average Bonchev–Trinajstić information content (AvgIpc) is 3.32. The van der Waals surface area contributed by atoms with Crippen LogP contribution in [-0.4, -0.2) is 60.7 Å². The Morgan fingerprint density at radius 3 is 2.55 bits per heavy atom. The van der Waals surface area contributed by atoms with Crippen LogP contribution in [0.5, 0.6) is 0 Å². The topological polar surface area (TPSA) is 117 Å². The van der Waals surface area contributed by atoms with Crippen LogP contribution in [0.4, 0.5) is 19.0 Å². The van der Waals surface area contributed by atoms with Gasteiger partial charge in [-0.15, -0.1) is 0 Å². The van der Waals surface area contributed by atoms with Crippen LogP contribution in [0.3, 0.4) is 0 Å². The zero-order chi connectivity index (χ0) is 27.3. The molecule has 1 N–H and O–H groups in total. The fourth-order valence-electron chi connectivity index (χ4n) is 5.34. The van der Waals surface area contributed by atoms with Gasteiger partial charge in [-0.1, -0.05) is 12.1 Å². The van der Waals surface area contributed by atoms with E-state index in [-0.39, 0.29) is 18.9 Å². The zero-order valence-electron chi connectivity index (χ0n) is 20.7. The molecule has 1 saturated carbocycles. The smallest absolute Gasteiger partial charge is 0.381 e. The van der Waals surface area contributed by atoms with E-state index in [1.165, 1.54) is 6.07 Å². The Morgan fingerprint density at radius 1 is 1.24 bits per heavy atom. The molecule has 1 aliphatic carbocycles. The molecule has 204 valence electrons. The van der Waals surface area contributed by atoms with Crippen molar-refractivity contribution in [1.29, 1.82) is 5.26 Å². The van der Waals surface area contributed by atoms with Crippen molar-refractivity contribution < 1.29 is 31.1 Å². The standard InChI is InChI=1S/C25H28F3N5O4S/c1-32-19(16-6-10-37-11-7-16)13-22(31-32)33-14-17(12-20(33)23(34)30-24(15-29)8-9-24)38(35,36)21-5-3-2-4-18(21)25(26,27)28/h2-5,13,16-17,20H,6-12,14H2,1H3,(H,30,34). The number of ether oxygens (including phenoxy) is 1. The maximum absolute atomic E-state index is 13.7. The van der Waals surface area contributed by atoms with Gasteiger partial charge in [-0.25, -0.2) is 8.42 Å². The normalized spacial score (nSPS) is 23.7. The van der Waals surface area contributed by atoms with Gasteiger partial charge in [-0.3, -0.25) is 9.48 Å². The maximum atomic E-state index is 13.7. The Balaban J connectivity index is 1.49. The van der Waals surface area contributed by atoms with Crippen LogP contribution in [-0.2, 0) is 32.6 Å². The summed E-state index contributed by atoms with van der Waals surface area (Å²) in [5.74, 6) is 0.0123. The third-order valence-corrected chi connectivity index (χ3v) is 9.85. The molecular formula is C25H28F3N5O4S. The number of carbonyl (C=O) groups is 1. The molecule has 3 aliphatic rings. The molecule has 2 aliphatic heterocycles. The maximum Gasteiger partial charge on any atom is 0.417 e. The second-order valence-electron chi connectivity index (χ2n) is 10.2. The molecule has 9 nitrogen and oxygen atoms in total. The summed E-state index contributed by atoms with van der Waals surface area (Å²) in [5, 5.41) is 15.4. The molecule has 3 heterocycles. The van der Waals surface area contributed by atoms with Crippen molar-refractivity contribution in [3.63, 3.8) is 0 Å². The first kappa shape index (κ1) is 26.5. The van der Waals surface area contributed by atoms with Crippen LogP contribution in [0.2, 0.25) is 0 Å². The number of nitrogens with zero attached hydrogens (tertiary/aromatic N) is 4.